The SMILES string of the molecule is CO/N=C(\CCN1CC=C(C2=NCC=CC2C)CC1)c1ccc(Cl)cc1. The first-order valence-corrected chi connectivity index (χ1v) is 9.54. The van der Waals surface area contributed by atoms with Crippen LogP contribution in [0, 0.1) is 5.92 Å². The highest BCUT2D eigenvalue weighted by molar-refractivity contribution is 6.30. The van der Waals surface area contributed by atoms with E-state index < -0.39 is 0 Å². The number of nitrogens with zero attached hydrogens (tertiary/aromatic N) is 3. The number of halogens is 1. The average Bonchev–Trinajstić information content (AvgIpc) is 2.67. The van der Waals surface area contributed by atoms with E-state index in [1.165, 1.54) is 11.3 Å². The molecule has 138 valence electrons. The van der Waals surface area contributed by atoms with Gasteiger partial charge in [-0.3, -0.25) is 9.89 Å². The van der Waals surface area contributed by atoms with Crippen LogP contribution in [0.2, 0.25) is 5.02 Å². The Morgan fingerprint density at radius 3 is 2.81 bits per heavy atom. The van der Waals surface area contributed by atoms with Crippen LogP contribution in [0.5, 0.6) is 0 Å². The van der Waals surface area contributed by atoms with Crippen LogP contribution in [0.4, 0.5) is 0 Å². The summed E-state index contributed by atoms with van der Waals surface area (Å²) in [5.74, 6) is 0.437. The average molecular weight is 372 g/mol. The van der Waals surface area contributed by atoms with Crippen molar-refractivity contribution in [2.45, 2.75) is 19.8 Å². The van der Waals surface area contributed by atoms with Crippen LogP contribution in [0.25, 0.3) is 0 Å². The standard InChI is InChI=1S/C21H26ClN3O/c1-16-4-3-12-23-21(16)18-9-13-25(14-10-18)15-11-20(24-26-2)17-5-7-19(22)8-6-17/h3-9,16H,10-15H2,1-2H3/b24-20+. The van der Waals surface area contributed by atoms with Gasteiger partial charge in [-0.05, 0) is 29.7 Å². The molecule has 1 atom stereocenters. The second-order valence-electron chi connectivity index (χ2n) is 6.70. The van der Waals surface area contributed by atoms with Gasteiger partial charge in [0.2, 0.25) is 0 Å². The van der Waals surface area contributed by atoms with Gasteiger partial charge >= 0.3 is 0 Å². The number of benzene rings is 1. The van der Waals surface area contributed by atoms with Gasteiger partial charge in [-0.25, -0.2) is 0 Å². The van der Waals surface area contributed by atoms with Crippen LogP contribution in [0.3, 0.4) is 0 Å². The van der Waals surface area contributed by atoms with Crippen molar-refractivity contribution in [1.29, 1.82) is 0 Å². The Morgan fingerprint density at radius 1 is 1.35 bits per heavy atom. The fourth-order valence-electron chi connectivity index (χ4n) is 3.45. The van der Waals surface area contributed by atoms with Crippen molar-refractivity contribution in [3.05, 3.63) is 58.7 Å². The molecule has 1 aromatic rings. The number of hydrogen-bond donors (Lipinski definition) is 0. The smallest absolute Gasteiger partial charge is 0.106 e. The molecule has 0 spiro atoms. The van der Waals surface area contributed by atoms with E-state index in [-0.39, 0.29) is 0 Å². The molecule has 2 heterocycles. The minimum Gasteiger partial charge on any atom is -0.399 e. The second-order valence-corrected chi connectivity index (χ2v) is 7.14. The van der Waals surface area contributed by atoms with E-state index in [9.17, 15) is 0 Å². The van der Waals surface area contributed by atoms with Crippen LogP contribution in [-0.2, 0) is 4.84 Å². The molecule has 0 saturated carbocycles. The minimum atomic E-state index is 0.437. The first kappa shape index (κ1) is 18.9. The number of rotatable bonds is 6. The Hall–Kier alpha value is -1.91. The van der Waals surface area contributed by atoms with Crippen LogP contribution in [0.15, 0.2) is 58.2 Å². The van der Waals surface area contributed by atoms with E-state index in [2.05, 4.69) is 35.2 Å². The van der Waals surface area contributed by atoms with Gasteiger partial charge in [0.15, 0.2) is 0 Å². The van der Waals surface area contributed by atoms with Crippen LogP contribution in [-0.4, -0.2) is 49.6 Å². The Kier molecular flexibility index (Phi) is 6.64. The summed E-state index contributed by atoms with van der Waals surface area (Å²) in [6, 6.07) is 7.76. The zero-order chi connectivity index (χ0) is 18.4. The lowest BCUT2D eigenvalue weighted by atomic mass is 9.92. The molecule has 3 rings (SSSR count). The zero-order valence-corrected chi connectivity index (χ0v) is 16.2. The van der Waals surface area contributed by atoms with E-state index in [0.717, 1.165) is 55.3 Å². The monoisotopic (exact) mass is 371 g/mol. The van der Waals surface area contributed by atoms with Crippen LogP contribution < -0.4 is 0 Å². The molecular weight excluding hydrogens is 346 g/mol. The number of oxime groups is 1. The van der Waals surface area contributed by atoms with Crippen molar-refractivity contribution < 1.29 is 4.84 Å². The van der Waals surface area contributed by atoms with Crippen molar-refractivity contribution in [1.82, 2.24) is 4.90 Å². The first-order chi connectivity index (χ1) is 12.7. The van der Waals surface area contributed by atoms with Crippen molar-refractivity contribution >= 4 is 23.0 Å². The van der Waals surface area contributed by atoms with E-state index in [1.807, 2.05) is 24.3 Å². The summed E-state index contributed by atoms with van der Waals surface area (Å²) >= 11 is 5.98. The van der Waals surface area contributed by atoms with Gasteiger partial charge in [-0.1, -0.05) is 54.0 Å². The predicted molar refractivity (Wildman–Crippen MR) is 109 cm³/mol. The van der Waals surface area contributed by atoms with Crippen LogP contribution >= 0.6 is 11.6 Å². The molecule has 0 radical (unpaired) electrons. The van der Waals surface area contributed by atoms with Gasteiger partial charge in [-0.15, -0.1) is 0 Å². The largest absolute Gasteiger partial charge is 0.399 e. The first-order valence-electron chi connectivity index (χ1n) is 9.16. The maximum Gasteiger partial charge on any atom is 0.106 e. The van der Waals surface area contributed by atoms with Crippen molar-refractivity contribution in [2.75, 3.05) is 33.3 Å². The van der Waals surface area contributed by atoms with E-state index in [1.54, 1.807) is 7.11 Å². The molecule has 1 aromatic carbocycles. The highest BCUT2D eigenvalue weighted by Crippen LogP contribution is 2.21. The highest BCUT2D eigenvalue weighted by Gasteiger charge is 2.20. The van der Waals surface area contributed by atoms with Gasteiger partial charge in [0.1, 0.15) is 7.11 Å². The molecule has 0 saturated heterocycles. The maximum absolute atomic E-state index is 5.98. The van der Waals surface area contributed by atoms with Gasteiger partial charge in [0, 0.05) is 42.7 Å². The Bertz CT molecular complexity index is 734. The fourth-order valence-corrected chi connectivity index (χ4v) is 3.58. The summed E-state index contributed by atoms with van der Waals surface area (Å²) < 4.78 is 0. The van der Waals surface area contributed by atoms with Gasteiger partial charge in [-0.2, -0.15) is 0 Å². The lowest BCUT2D eigenvalue weighted by Crippen LogP contribution is -2.33. The van der Waals surface area contributed by atoms with Gasteiger partial charge in [0.25, 0.3) is 0 Å². The predicted octanol–water partition coefficient (Wildman–Crippen LogP) is 4.36. The Balaban J connectivity index is 1.57. The van der Waals surface area contributed by atoms with E-state index in [0.29, 0.717) is 5.92 Å². The minimum absolute atomic E-state index is 0.437. The summed E-state index contributed by atoms with van der Waals surface area (Å²) in [4.78, 5) is 12.2. The lowest BCUT2D eigenvalue weighted by molar-refractivity contribution is 0.212. The molecule has 0 aromatic heterocycles. The molecule has 0 N–H and O–H groups in total. The normalized spacial score (nSPS) is 21.3. The van der Waals surface area contributed by atoms with Gasteiger partial charge in [0.05, 0.1) is 12.3 Å². The molecule has 1 unspecified atom stereocenters. The lowest BCUT2D eigenvalue weighted by Gasteiger charge is -2.28. The molecule has 26 heavy (non-hydrogen) atoms. The summed E-state index contributed by atoms with van der Waals surface area (Å²) in [7, 11) is 1.59. The summed E-state index contributed by atoms with van der Waals surface area (Å²) in [6.07, 6.45) is 8.66. The Morgan fingerprint density at radius 2 is 2.15 bits per heavy atom. The Labute approximate surface area is 160 Å². The van der Waals surface area contributed by atoms with Gasteiger partial charge < -0.3 is 4.84 Å². The third kappa shape index (κ3) is 4.83. The summed E-state index contributed by atoms with van der Waals surface area (Å²) in [5, 5.41) is 4.94. The molecule has 0 aliphatic carbocycles. The molecule has 0 bridgehead atoms. The van der Waals surface area contributed by atoms with Crippen molar-refractivity contribution in [3.63, 3.8) is 0 Å². The van der Waals surface area contributed by atoms with Crippen molar-refractivity contribution in [2.24, 2.45) is 16.1 Å². The van der Waals surface area contributed by atoms with Crippen LogP contribution in [0.1, 0.15) is 25.3 Å². The number of hydrogen-bond acceptors (Lipinski definition) is 4. The van der Waals surface area contributed by atoms with Crippen molar-refractivity contribution in [3.8, 4) is 0 Å². The molecule has 5 heteroatoms. The number of aliphatic imine (C=N–C) groups is 1. The molecule has 0 fully saturated rings. The second kappa shape index (κ2) is 9.15. The zero-order valence-electron chi connectivity index (χ0n) is 15.5. The van der Waals surface area contributed by atoms with E-state index in [4.69, 9.17) is 21.4 Å². The quantitative estimate of drug-likeness (QED) is 0.423. The molecule has 0 amide bonds. The molecule has 4 nitrogen and oxygen atoms in total. The third-order valence-corrected chi connectivity index (χ3v) is 5.14. The summed E-state index contributed by atoms with van der Waals surface area (Å²) in [5.41, 5.74) is 4.70. The highest BCUT2D eigenvalue weighted by atomic mass is 35.5. The number of dihydropyridines is 1. The third-order valence-electron chi connectivity index (χ3n) is 4.89. The summed E-state index contributed by atoms with van der Waals surface area (Å²) in [6.45, 7) is 6.02. The fraction of sp³-hybridized carbons (Fsp3) is 0.429. The molecule has 2 aliphatic rings. The maximum atomic E-state index is 5.98. The topological polar surface area (TPSA) is 37.2 Å². The molecular formula is C21H26ClN3O. The molecule has 2 aliphatic heterocycles. The number of allylic oxidation sites excluding steroid dienone is 1. The van der Waals surface area contributed by atoms with E-state index >= 15 is 0 Å².